The van der Waals surface area contributed by atoms with Gasteiger partial charge in [0.15, 0.2) is 0 Å². The summed E-state index contributed by atoms with van der Waals surface area (Å²) >= 11 is 0. The summed E-state index contributed by atoms with van der Waals surface area (Å²) in [5.74, 6) is -1.75. The maximum absolute atomic E-state index is 13.7. The van der Waals surface area contributed by atoms with Crippen molar-refractivity contribution >= 4 is 17.5 Å². The average Bonchev–Trinajstić information content (AvgIpc) is 2.64. The number of benzene rings is 1. The Hall–Kier alpha value is -2.61. The molecule has 1 aliphatic rings. The Labute approximate surface area is 144 Å². The Morgan fingerprint density at radius 1 is 1.16 bits per heavy atom. The molecular weight excluding hydrogens is 328 g/mol. The largest absolute Gasteiger partial charge is 0.335 e. The van der Waals surface area contributed by atoms with Crippen molar-refractivity contribution in [3.63, 3.8) is 0 Å². The molecule has 0 atom stereocenters. The minimum Gasteiger partial charge on any atom is -0.335 e. The second-order valence-corrected chi connectivity index (χ2v) is 5.71. The van der Waals surface area contributed by atoms with Crippen molar-refractivity contribution in [2.24, 2.45) is 0 Å². The number of rotatable bonds is 4. The van der Waals surface area contributed by atoms with Gasteiger partial charge in [-0.2, -0.15) is 0 Å². The Morgan fingerprint density at radius 2 is 1.84 bits per heavy atom. The van der Waals surface area contributed by atoms with Crippen LogP contribution in [0.4, 0.5) is 20.4 Å². The van der Waals surface area contributed by atoms with E-state index in [0.29, 0.717) is 13.1 Å². The molecule has 132 valence electrons. The number of likely N-dealkylation sites (N-methyl/N-ethyl adjacent to an activating group) is 1. The van der Waals surface area contributed by atoms with Gasteiger partial charge in [-0.25, -0.2) is 18.7 Å². The molecule has 1 aromatic carbocycles. The molecule has 1 N–H and O–H groups in total. The summed E-state index contributed by atoms with van der Waals surface area (Å²) < 4.78 is 27.4. The lowest BCUT2D eigenvalue weighted by molar-refractivity contribution is 0.0637. The van der Waals surface area contributed by atoms with Crippen molar-refractivity contribution in [1.29, 1.82) is 0 Å². The summed E-state index contributed by atoms with van der Waals surface area (Å²) in [6.45, 7) is 5.93. The smallest absolute Gasteiger partial charge is 0.272 e. The molecule has 6 nitrogen and oxygen atoms in total. The third-order valence-electron chi connectivity index (χ3n) is 4.18. The van der Waals surface area contributed by atoms with Crippen molar-refractivity contribution < 1.29 is 13.6 Å². The third kappa shape index (κ3) is 3.90. The number of nitrogens with one attached hydrogen (secondary N) is 1. The van der Waals surface area contributed by atoms with Crippen LogP contribution < -0.4 is 5.32 Å². The minimum atomic E-state index is -0.754. The first-order valence-electron chi connectivity index (χ1n) is 8.14. The monoisotopic (exact) mass is 347 g/mol. The first-order valence-corrected chi connectivity index (χ1v) is 8.14. The van der Waals surface area contributed by atoms with Crippen LogP contribution in [0.25, 0.3) is 0 Å². The molecule has 1 saturated heterocycles. The number of piperazine rings is 1. The lowest BCUT2D eigenvalue weighted by atomic mass is 10.2. The molecule has 8 heteroatoms. The maximum Gasteiger partial charge on any atom is 0.272 e. The molecule has 1 fully saturated rings. The number of hydrogen-bond donors (Lipinski definition) is 1. The van der Waals surface area contributed by atoms with Gasteiger partial charge in [0.25, 0.3) is 5.91 Å². The molecule has 0 spiro atoms. The molecule has 0 saturated carbocycles. The van der Waals surface area contributed by atoms with E-state index >= 15 is 0 Å². The van der Waals surface area contributed by atoms with Gasteiger partial charge in [0.05, 0.1) is 0 Å². The quantitative estimate of drug-likeness (QED) is 0.919. The van der Waals surface area contributed by atoms with Crippen LogP contribution in [0.2, 0.25) is 0 Å². The van der Waals surface area contributed by atoms with E-state index in [0.717, 1.165) is 31.8 Å². The van der Waals surface area contributed by atoms with Gasteiger partial charge < -0.3 is 15.1 Å². The van der Waals surface area contributed by atoms with Crippen LogP contribution in [-0.2, 0) is 0 Å². The number of carbonyl (C=O) groups is 1. The fourth-order valence-corrected chi connectivity index (χ4v) is 2.70. The molecule has 0 radical (unpaired) electrons. The highest BCUT2D eigenvalue weighted by Crippen LogP contribution is 2.21. The number of aromatic nitrogens is 2. The molecule has 1 aromatic heterocycles. The third-order valence-corrected chi connectivity index (χ3v) is 4.18. The number of nitrogens with zero attached hydrogens (tertiary/aromatic N) is 4. The van der Waals surface area contributed by atoms with Crippen LogP contribution in [0.5, 0.6) is 0 Å². The van der Waals surface area contributed by atoms with E-state index in [1.54, 1.807) is 4.90 Å². The number of carbonyl (C=O) groups excluding carboxylic acids is 1. The fourth-order valence-electron chi connectivity index (χ4n) is 2.70. The second kappa shape index (κ2) is 7.52. The van der Waals surface area contributed by atoms with Gasteiger partial charge in [0.1, 0.15) is 23.0 Å². The lowest BCUT2D eigenvalue weighted by Crippen LogP contribution is -2.48. The Bertz CT molecular complexity index is 742. The standard InChI is InChI=1S/C17H19F2N5O/c1-2-23-8-10-24(11-9-23)16(25)14-6-7-20-17(21-14)22-15-12(18)4-3-5-13(15)19/h3-7H,2,8-11H2,1H3,(H,20,21,22). The van der Waals surface area contributed by atoms with Gasteiger partial charge in [0, 0.05) is 32.4 Å². The predicted octanol–water partition coefficient (Wildman–Crippen LogP) is 2.28. The van der Waals surface area contributed by atoms with Crippen LogP contribution in [0, 0.1) is 11.6 Å². The fraction of sp³-hybridized carbons (Fsp3) is 0.353. The lowest BCUT2D eigenvalue weighted by Gasteiger charge is -2.33. The predicted molar refractivity (Wildman–Crippen MR) is 89.7 cm³/mol. The summed E-state index contributed by atoms with van der Waals surface area (Å²) in [7, 11) is 0. The highest BCUT2D eigenvalue weighted by atomic mass is 19.1. The van der Waals surface area contributed by atoms with Crippen LogP contribution >= 0.6 is 0 Å². The maximum atomic E-state index is 13.7. The zero-order valence-corrected chi connectivity index (χ0v) is 13.9. The summed E-state index contributed by atoms with van der Waals surface area (Å²) in [6.07, 6.45) is 1.39. The van der Waals surface area contributed by atoms with E-state index in [1.807, 2.05) is 0 Å². The van der Waals surface area contributed by atoms with Gasteiger partial charge in [0.2, 0.25) is 5.95 Å². The molecule has 0 bridgehead atoms. The topological polar surface area (TPSA) is 61.4 Å². The van der Waals surface area contributed by atoms with Gasteiger partial charge in [-0.3, -0.25) is 4.79 Å². The molecule has 1 amide bonds. The number of hydrogen-bond acceptors (Lipinski definition) is 5. The number of para-hydroxylation sites is 1. The SMILES string of the molecule is CCN1CCN(C(=O)c2ccnc(Nc3c(F)cccc3F)n2)CC1. The molecule has 25 heavy (non-hydrogen) atoms. The summed E-state index contributed by atoms with van der Waals surface area (Å²) in [5.41, 5.74) is -0.150. The van der Waals surface area contributed by atoms with Crippen LogP contribution in [0.3, 0.4) is 0 Å². The van der Waals surface area contributed by atoms with Crippen LogP contribution in [0.1, 0.15) is 17.4 Å². The average molecular weight is 347 g/mol. The second-order valence-electron chi connectivity index (χ2n) is 5.71. The minimum absolute atomic E-state index is 0.0259. The van der Waals surface area contributed by atoms with Crippen molar-refractivity contribution in [2.45, 2.75) is 6.92 Å². The zero-order chi connectivity index (χ0) is 17.8. The first kappa shape index (κ1) is 17.2. The molecule has 2 heterocycles. The number of amides is 1. The Morgan fingerprint density at radius 3 is 2.48 bits per heavy atom. The van der Waals surface area contributed by atoms with E-state index in [9.17, 15) is 13.6 Å². The normalized spacial score (nSPS) is 15.2. The van der Waals surface area contributed by atoms with Crippen molar-refractivity contribution in [3.05, 3.63) is 47.8 Å². The van der Waals surface area contributed by atoms with Crippen LogP contribution in [0.15, 0.2) is 30.5 Å². The molecule has 1 aliphatic heterocycles. The molecule has 2 aromatic rings. The van der Waals surface area contributed by atoms with E-state index in [1.165, 1.54) is 18.3 Å². The van der Waals surface area contributed by atoms with Crippen molar-refractivity contribution in [2.75, 3.05) is 38.0 Å². The van der Waals surface area contributed by atoms with E-state index in [-0.39, 0.29) is 23.2 Å². The number of halogens is 2. The Balaban J connectivity index is 1.74. The highest BCUT2D eigenvalue weighted by molar-refractivity contribution is 5.92. The summed E-state index contributed by atoms with van der Waals surface area (Å²) in [4.78, 5) is 24.6. The van der Waals surface area contributed by atoms with Crippen molar-refractivity contribution in [1.82, 2.24) is 19.8 Å². The molecular formula is C17H19F2N5O. The van der Waals surface area contributed by atoms with E-state index in [4.69, 9.17) is 0 Å². The van der Waals surface area contributed by atoms with E-state index < -0.39 is 11.6 Å². The molecule has 0 unspecified atom stereocenters. The highest BCUT2D eigenvalue weighted by Gasteiger charge is 2.22. The zero-order valence-electron chi connectivity index (χ0n) is 13.9. The van der Waals surface area contributed by atoms with Gasteiger partial charge in [-0.1, -0.05) is 13.0 Å². The Kier molecular flexibility index (Phi) is 5.18. The van der Waals surface area contributed by atoms with Crippen LogP contribution in [-0.4, -0.2) is 58.4 Å². The first-order chi connectivity index (χ1) is 12.1. The van der Waals surface area contributed by atoms with Crippen molar-refractivity contribution in [3.8, 4) is 0 Å². The van der Waals surface area contributed by atoms with Gasteiger partial charge in [-0.05, 0) is 24.7 Å². The molecule has 0 aliphatic carbocycles. The van der Waals surface area contributed by atoms with Gasteiger partial charge >= 0.3 is 0 Å². The van der Waals surface area contributed by atoms with E-state index in [2.05, 4.69) is 27.1 Å². The van der Waals surface area contributed by atoms with Gasteiger partial charge in [-0.15, -0.1) is 0 Å². The summed E-state index contributed by atoms with van der Waals surface area (Å²) in [5, 5.41) is 2.50. The summed E-state index contributed by atoms with van der Waals surface area (Å²) in [6, 6.07) is 5.03. The number of anilines is 2. The molecule has 3 rings (SSSR count).